The molecule has 3 heterocycles. The van der Waals surface area contributed by atoms with Crippen LogP contribution in [0.15, 0.2) is 33.6 Å². The summed E-state index contributed by atoms with van der Waals surface area (Å²) < 4.78 is 25.4. The Bertz CT molecular complexity index is 1710. The summed E-state index contributed by atoms with van der Waals surface area (Å²) in [5.74, 6) is -2.89. The number of carboxylic acids is 2. The summed E-state index contributed by atoms with van der Waals surface area (Å²) in [5.41, 5.74) is 0.438. The van der Waals surface area contributed by atoms with Gasteiger partial charge in [-0.2, -0.15) is 14.0 Å². The number of aromatic carboxylic acids is 2. The van der Waals surface area contributed by atoms with E-state index in [4.69, 9.17) is 4.55 Å². The SMILES string of the molecule is CC(CNC(=O)c1cc(C(=O)O)cc(C(=O)O)c1)c1nc2c(N=Nc3nc(SCCS(=O)O)ns3)c(C(C)(C)C)[nH]n2n1. The van der Waals surface area contributed by atoms with Crippen LogP contribution in [-0.2, 0) is 16.5 Å². The molecular weight excluding hydrogens is 623 g/mol. The number of benzene rings is 1. The monoisotopic (exact) mass is 649 g/mol. The number of azo groups is 1. The van der Waals surface area contributed by atoms with Gasteiger partial charge in [-0.15, -0.1) is 15.3 Å². The van der Waals surface area contributed by atoms with Crippen LogP contribution in [0, 0.1) is 0 Å². The minimum atomic E-state index is -1.89. The second-order valence-electron chi connectivity index (χ2n) is 10.2. The van der Waals surface area contributed by atoms with E-state index in [1.54, 1.807) is 6.92 Å². The van der Waals surface area contributed by atoms with Crippen molar-refractivity contribution in [3.8, 4) is 0 Å². The molecule has 1 amide bonds. The van der Waals surface area contributed by atoms with Crippen molar-refractivity contribution in [2.45, 2.75) is 44.2 Å². The van der Waals surface area contributed by atoms with Crippen LogP contribution in [0.1, 0.15) is 76.2 Å². The maximum Gasteiger partial charge on any atom is 0.335 e. The van der Waals surface area contributed by atoms with Crippen molar-refractivity contribution in [1.29, 1.82) is 0 Å². The van der Waals surface area contributed by atoms with Crippen molar-refractivity contribution in [1.82, 2.24) is 34.5 Å². The first-order chi connectivity index (χ1) is 20.2. The predicted octanol–water partition coefficient (Wildman–Crippen LogP) is 3.87. The van der Waals surface area contributed by atoms with Gasteiger partial charge >= 0.3 is 11.9 Å². The third kappa shape index (κ3) is 7.86. The second-order valence-corrected chi connectivity index (χ2v) is 13.1. The van der Waals surface area contributed by atoms with E-state index in [2.05, 4.69) is 40.1 Å². The summed E-state index contributed by atoms with van der Waals surface area (Å²) in [4.78, 5) is 44.4. The van der Waals surface area contributed by atoms with E-state index in [1.165, 1.54) is 16.4 Å². The van der Waals surface area contributed by atoms with Crippen LogP contribution in [0.2, 0.25) is 0 Å². The zero-order chi connectivity index (χ0) is 31.5. The highest BCUT2D eigenvalue weighted by Gasteiger charge is 2.27. The zero-order valence-corrected chi connectivity index (χ0v) is 25.7. The number of aromatic amines is 1. The smallest absolute Gasteiger partial charge is 0.335 e. The van der Waals surface area contributed by atoms with Crippen molar-refractivity contribution < 1.29 is 33.4 Å². The fourth-order valence-electron chi connectivity index (χ4n) is 3.70. The van der Waals surface area contributed by atoms with E-state index < -0.39 is 34.8 Å². The predicted molar refractivity (Wildman–Crippen MR) is 158 cm³/mol. The first kappa shape index (κ1) is 31.9. The van der Waals surface area contributed by atoms with Crippen LogP contribution in [0.3, 0.4) is 0 Å². The Morgan fingerprint density at radius 1 is 1.12 bits per heavy atom. The number of nitrogens with one attached hydrogen (secondary N) is 2. The minimum Gasteiger partial charge on any atom is -0.478 e. The lowest BCUT2D eigenvalue weighted by molar-refractivity contribution is 0.0696. The van der Waals surface area contributed by atoms with Crippen LogP contribution in [0.4, 0.5) is 10.8 Å². The van der Waals surface area contributed by atoms with E-state index in [9.17, 15) is 28.8 Å². The summed E-state index contributed by atoms with van der Waals surface area (Å²) >= 11 is 0.376. The molecule has 0 aliphatic heterocycles. The van der Waals surface area contributed by atoms with Gasteiger partial charge in [0.25, 0.3) is 5.91 Å². The average Bonchev–Trinajstić information content (AvgIpc) is 3.64. The largest absolute Gasteiger partial charge is 0.478 e. The van der Waals surface area contributed by atoms with Gasteiger partial charge in [-0.1, -0.05) is 39.5 Å². The number of carbonyl (C=O) groups excluding carboxylic acids is 1. The van der Waals surface area contributed by atoms with Crippen molar-refractivity contribution in [2.24, 2.45) is 10.2 Å². The molecule has 2 atom stereocenters. The van der Waals surface area contributed by atoms with Crippen LogP contribution in [0.5, 0.6) is 0 Å². The van der Waals surface area contributed by atoms with E-state index in [-0.39, 0.29) is 34.4 Å². The third-order valence-electron chi connectivity index (χ3n) is 5.86. The molecule has 3 aromatic heterocycles. The Kier molecular flexibility index (Phi) is 9.68. The minimum absolute atomic E-state index is 0.0732. The fraction of sp³-hybridized carbons (Fsp3) is 0.375. The lowest BCUT2D eigenvalue weighted by Gasteiger charge is -2.16. The number of amides is 1. The number of H-pyrrole nitrogens is 1. The van der Waals surface area contributed by atoms with Crippen LogP contribution in [0.25, 0.3) is 5.65 Å². The Hall–Kier alpha value is -4.07. The van der Waals surface area contributed by atoms with Gasteiger partial charge in [-0.3, -0.25) is 9.89 Å². The first-order valence-corrected chi connectivity index (χ1v) is 15.6. The number of hydrogen-bond acceptors (Lipinski definition) is 12. The van der Waals surface area contributed by atoms with Crippen LogP contribution < -0.4 is 5.32 Å². The number of fused-ring (bicyclic) bond motifs is 1. The molecule has 0 aliphatic rings. The Balaban J connectivity index is 1.52. The Morgan fingerprint density at radius 3 is 2.37 bits per heavy atom. The molecule has 0 aliphatic carbocycles. The van der Waals surface area contributed by atoms with Crippen molar-refractivity contribution in [3.05, 3.63) is 46.4 Å². The number of thioether (sulfide) groups is 1. The number of carbonyl (C=O) groups is 3. The summed E-state index contributed by atoms with van der Waals surface area (Å²) in [6.07, 6.45) is 0. The lowest BCUT2D eigenvalue weighted by Crippen LogP contribution is -2.28. The van der Waals surface area contributed by atoms with Gasteiger partial charge in [0.05, 0.1) is 22.6 Å². The molecule has 4 rings (SSSR count). The molecule has 5 N–H and O–H groups in total. The summed E-state index contributed by atoms with van der Waals surface area (Å²) in [6.45, 7) is 7.80. The van der Waals surface area contributed by atoms with Crippen LogP contribution in [-0.4, -0.2) is 84.0 Å². The fourth-order valence-corrected chi connectivity index (χ4v) is 5.72. The highest BCUT2D eigenvalue weighted by Crippen LogP contribution is 2.35. The number of rotatable bonds is 12. The Labute approximate surface area is 254 Å². The van der Waals surface area contributed by atoms with Crippen LogP contribution >= 0.6 is 23.3 Å². The van der Waals surface area contributed by atoms with E-state index in [1.807, 2.05) is 20.8 Å². The number of hydrogen-bond donors (Lipinski definition) is 5. The van der Waals surface area contributed by atoms with Crippen molar-refractivity contribution in [3.63, 3.8) is 0 Å². The molecule has 0 fully saturated rings. The molecule has 0 saturated carbocycles. The quantitative estimate of drug-likeness (QED) is 0.0835. The molecule has 4 aromatic rings. The van der Waals surface area contributed by atoms with Gasteiger partial charge in [-0.25, -0.2) is 18.8 Å². The van der Waals surface area contributed by atoms with Gasteiger partial charge in [0.15, 0.2) is 22.6 Å². The molecular formula is C24H27N9O7S3. The first-order valence-electron chi connectivity index (χ1n) is 12.6. The lowest BCUT2D eigenvalue weighted by atomic mass is 9.91. The number of nitrogens with zero attached hydrogens (tertiary/aromatic N) is 7. The maximum absolute atomic E-state index is 12.8. The molecule has 0 saturated heterocycles. The second kappa shape index (κ2) is 13.1. The molecule has 0 bridgehead atoms. The molecule has 1 aromatic carbocycles. The highest BCUT2D eigenvalue weighted by atomic mass is 32.2. The van der Waals surface area contributed by atoms with E-state index >= 15 is 0 Å². The number of aromatic nitrogens is 6. The summed E-state index contributed by atoms with van der Waals surface area (Å²) in [6, 6.07) is 3.19. The molecule has 2 unspecified atom stereocenters. The van der Waals surface area contributed by atoms with Gasteiger partial charge in [0.2, 0.25) is 15.9 Å². The van der Waals surface area contributed by atoms with Gasteiger partial charge in [-0.05, 0) is 18.2 Å². The highest BCUT2D eigenvalue weighted by molar-refractivity contribution is 7.99. The number of carboxylic acid groups (broad SMARTS) is 2. The van der Waals surface area contributed by atoms with Crippen molar-refractivity contribution in [2.75, 3.05) is 18.1 Å². The topological polar surface area (TPSA) is 237 Å². The van der Waals surface area contributed by atoms with Gasteiger partial charge < -0.3 is 20.1 Å². The third-order valence-corrected chi connectivity index (χ3v) is 8.24. The van der Waals surface area contributed by atoms with Gasteiger partial charge in [0.1, 0.15) is 0 Å². The summed E-state index contributed by atoms with van der Waals surface area (Å²) in [7, 11) is 0. The summed E-state index contributed by atoms with van der Waals surface area (Å²) in [5, 5.41) is 38.3. The molecule has 0 radical (unpaired) electrons. The molecule has 0 spiro atoms. The van der Waals surface area contributed by atoms with Crippen molar-refractivity contribution >= 4 is 68.7 Å². The zero-order valence-electron chi connectivity index (χ0n) is 23.3. The maximum atomic E-state index is 12.8. The average molecular weight is 650 g/mol. The Morgan fingerprint density at radius 2 is 1.77 bits per heavy atom. The molecule has 16 nitrogen and oxygen atoms in total. The molecule has 19 heteroatoms. The molecule has 228 valence electrons. The standard InChI is InChI=1S/C24H27N9O7S3/c1-11(10-25-19(34)12-7-13(20(35)36)9-14(8-12)21(37)38)17-26-18-15(16(24(2,3)4)30-33(18)31-17)28-29-22-27-23(32-42-22)41-5-6-43(39)40/h7-9,11,30H,5-6,10H2,1-4H3,(H,25,34)(H,35,36)(H,37,38)(H,39,40). The molecule has 43 heavy (non-hydrogen) atoms. The van der Waals surface area contributed by atoms with E-state index in [0.717, 1.165) is 35.4 Å². The van der Waals surface area contributed by atoms with Gasteiger partial charge in [0, 0.05) is 40.7 Å². The normalized spacial score (nSPS) is 13.4. The van der Waals surface area contributed by atoms with E-state index in [0.29, 0.717) is 33.2 Å².